The summed E-state index contributed by atoms with van der Waals surface area (Å²) in [5, 5.41) is 3.09. The third-order valence-corrected chi connectivity index (χ3v) is 3.67. The summed E-state index contributed by atoms with van der Waals surface area (Å²) in [7, 11) is 0. The first-order chi connectivity index (χ1) is 9.58. The monoisotopic (exact) mass is 336 g/mol. The number of hydrogen-bond acceptors (Lipinski definition) is 2. The number of nitrogens with one attached hydrogen (secondary N) is 1. The van der Waals surface area contributed by atoms with Gasteiger partial charge in [0, 0.05) is 11.0 Å². The lowest BCUT2D eigenvalue weighted by atomic mass is 10.1. The number of halogens is 2. The van der Waals surface area contributed by atoms with Crippen LogP contribution in [0.25, 0.3) is 0 Å². The zero-order valence-electron chi connectivity index (χ0n) is 10.6. The van der Waals surface area contributed by atoms with Crippen molar-refractivity contribution in [1.29, 1.82) is 0 Å². The highest BCUT2D eigenvalue weighted by atomic mass is 79.9. The third-order valence-electron chi connectivity index (χ3n) is 2.93. The first-order valence-corrected chi connectivity index (χ1v) is 6.89. The summed E-state index contributed by atoms with van der Waals surface area (Å²) < 4.78 is 13.7. The van der Waals surface area contributed by atoms with Crippen LogP contribution in [0.5, 0.6) is 0 Å². The molecule has 1 unspecified atom stereocenters. The number of nitrogens with two attached hydrogens (primary N) is 1. The highest BCUT2D eigenvalue weighted by Crippen LogP contribution is 2.19. The number of carbonyl (C=O) groups is 1. The first-order valence-electron chi connectivity index (χ1n) is 6.09. The molecule has 0 saturated heterocycles. The first kappa shape index (κ1) is 14.7. The van der Waals surface area contributed by atoms with Crippen LogP contribution in [0.2, 0.25) is 0 Å². The lowest BCUT2D eigenvalue weighted by molar-refractivity contribution is -0.120. The average Bonchev–Trinajstić information content (AvgIpc) is 2.42. The topological polar surface area (TPSA) is 55.1 Å². The molecule has 5 heteroatoms. The molecule has 3 N–H and O–H groups in total. The number of rotatable bonds is 5. The zero-order valence-corrected chi connectivity index (χ0v) is 12.2. The Morgan fingerprint density at radius 2 is 1.95 bits per heavy atom. The third kappa shape index (κ3) is 3.65. The molecule has 0 radical (unpaired) electrons. The molecule has 3 nitrogen and oxygen atoms in total. The summed E-state index contributed by atoms with van der Waals surface area (Å²) in [5.74, 6) is -0.760. The summed E-state index contributed by atoms with van der Waals surface area (Å²) in [5.41, 5.74) is 7.08. The van der Waals surface area contributed by atoms with Crippen LogP contribution in [0.1, 0.15) is 17.2 Å². The van der Waals surface area contributed by atoms with E-state index in [1.165, 1.54) is 12.1 Å². The van der Waals surface area contributed by atoms with Gasteiger partial charge in [-0.3, -0.25) is 10.1 Å². The second kappa shape index (κ2) is 6.63. The predicted octanol–water partition coefficient (Wildman–Crippen LogP) is 2.90. The molecule has 0 saturated carbocycles. The van der Waals surface area contributed by atoms with Gasteiger partial charge in [-0.05, 0) is 23.3 Å². The van der Waals surface area contributed by atoms with Gasteiger partial charge in [0.05, 0.1) is 0 Å². The van der Waals surface area contributed by atoms with Gasteiger partial charge in [0.25, 0.3) is 0 Å². The summed E-state index contributed by atoms with van der Waals surface area (Å²) in [6.07, 6.45) is 0. The highest BCUT2D eigenvalue weighted by Gasteiger charge is 2.17. The van der Waals surface area contributed by atoms with Crippen LogP contribution in [-0.2, 0) is 11.3 Å². The van der Waals surface area contributed by atoms with E-state index in [-0.39, 0.29) is 5.82 Å². The van der Waals surface area contributed by atoms with E-state index in [2.05, 4.69) is 21.2 Å². The molecule has 20 heavy (non-hydrogen) atoms. The lowest BCUT2D eigenvalue weighted by Crippen LogP contribution is -2.33. The van der Waals surface area contributed by atoms with E-state index >= 15 is 0 Å². The Morgan fingerprint density at radius 3 is 2.55 bits per heavy atom. The van der Waals surface area contributed by atoms with E-state index in [4.69, 9.17) is 5.73 Å². The Morgan fingerprint density at radius 1 is 1.25 bits per heavy atom. The molecule has 1 atom stereocenters. The minimum atomic E-state index is -0.576. The second-order valence-corrected chi connectivity index (χ2v) is 5.22. The average molecular weight is 337 g/mol. The summed E-state index contributed by atoms with van der Waals surface area (Å²) in [6.45, 7) is 0.406. The molecular weight excluding hydrogens is 323 g/mol. The van der Waals surface area contributed by atoms with Crippen LogP contribution in [0.15, 0.2) is 53.0 Å². The van der Waals surface area contributed by atoms with Crippen molar-refractivity contribution in [1.82, 2.24) is 5.32 Å². The maximum absolute atomic E-state index is 13.0. The molecule has 0 aliphatic carbocycles. The van der Waals surface area contributed by atoms with E-state index in [9.17, 15) is 9.18 Å². The van der Waals surface area contributed by atoms with Gasteiger partial charge in [0.15, 0.2) is 0 Å². The molecule has 0 aliphatic rings. The van der Waals surface area contributed by atoms with E-state index in [0.717, 1.165) is 11.1 Å². The van der Waals surface area contributed by atoms with Crippen LogP contribution < -0.4 is 11.1 Å². The molecule has 2 rings (SSSR count). The fraction of sp³-hybridized carbons (Fsp3) is 0.133. The fourth-order valence-electron chi connectivity index (χ4n) is 1.91. The smallest absolute Gasteiger partial charge is 0.239 e. The Balaban J connectivity index is 2.12. The van der Waals surface area contributed by atoms with Crippen LogP contribution >= 0.6 is 15.9 Å². The number of benzene rings is 2. The van der Waals surface area contributed by atoms with E-state index < -0.39 is 11.9 Å². The Hall–Kier alpha value is -1.72. The second-order valence-electron chi connectivity index (χ2n) is 4.36. The lowest BCUT2D eigenvalue weighted by Gasteiger charge is -2.16. The highest BCUT2D eigenvalue weighted by molar-refractivity contribution is 9.10. The quantitative estimate of drug-likeness (QED) is 0.881. The predicted molar refractivity (Wildman–Crippen MR) is 79.3 cm³/mol. The van der Waals surface area contributed by atoms with Crippen molar-refractivity contribution in [2.75, 3.05) is 0 Å². The van der Waals surface area contributed by atoms with Crippen molar-refractivity contribution in [2.45, 2.75) is 12.6 Å². The van der Waals surface area contributed by atoms with Crippen molar-refractivity contribution < 1.29 is 9.18 Å². The van der Waals surface area contributed by atoms with Gasteiger partial charge in [0.1, 0.15) is 11.9 Å². The van der Waals surface area contributed by atoms with E-state index in [1.54, 1.807) is 6.07 Å². The van der Waals surface area contributed by atoms with Gasteiger partial charge in [-0.1, -0.05) is 52.3 Å². The largest absolute Gasteiger partial charge is 0.368 e. The van der Waals surface area contributed by atoms with Gasteiger partial charge < -0.3 is 5.73 Å². The van der Waals surface area contributed by atoms with Gasteiger partial charge >= 0.3 is 0 Å². The van der Waals surface area contributed by atoms with Gasteiger partial charge in [-0.25, -0.2) is 4.39 Å². The van der Waals surface area contributed by atoms with Crippen molar-refractivity contribution >= 4 is 21.8 Å². The van der Waals surface area contributed by atoms with Crippen molar-refractivity contribution in [2.24, 2.45) is 5.73 Å². The molecule has 0 aromatic heterocycles. The maximum atomic E-state index is 13.0. The van der Waals surface area contributed by atoms with Crippen molar-refractivity contribution in [3.63, 3.8) is 0 Å². The fourth-order valence-corrected chi connectivity index (χ4v) is 2.40. The standard InChI is InChI=1S/C15H14BrFN2O/c16-13-8-12(17)7-6-11(13)9-19-14(15(18)20)10-4-2-1-3-5-10/h1-8,14,19H,9H2,(H2,18,20). The van der Waals surface area contributed by atoms with Crippen LogP contribution in [0.4, 0.5) is 4.39 Å². The molecule has 0 fully saturated rings. The molecule has 2 aromatic carbocycles. The Kier molecular flexibility index (Phi) is 4.87. The molecule has 104 valence electrons. The SMILES string of the molecule is NC(=O)C(NCc1ccc(F)cc1Br)c1ccccc1. The minimum Gasteiger partial charge on any atom is -0.368 e. The molecule has 0 heterocycles. The zero-order chi connectivity index (χ0) is 14.5. The van der Waals surface area contributed by atoms with Crippen LogP contribution in [0, 0.1) is 5.82 Å². The van der Waals surface area contributed by atoms with Crippen LogP contribution in [-0.4, -0.2) is 5.91 Å². The van der Waals surface area contributed by atoms with E-state index in [1.807, 2.05) is 30.3 Å². The molecule has 2 aromatic rings. The van der Waals surface area contributed by atoms with Gasteiger partial charge in [0.2, 0.25) is 5.91 Å². The van der Waals surface area contributed by atoms with Crippen molar-refractivity contribution in [3.05, 3.63) is 69.9 Å². The molecule has 0 bridgehead atoms. The molecule has 1 amide bonds. The minimum absolute atomic E-state index is 0.310. The number of primary amides is 1. The molecular formula is C15H14BrFN2O. The maximum Gasteiger partial charge on any atom is 0.239 e. The number of hydrogen-bond donors (Lipinski definition) is 2. The molecule has 0 aliphatic heterocycles. The molecule has 0 spiro atoms. The summed E-state index contributed by atoms with van der Waals surface area (Å²) in [6, 6.07) is 13.1. The normalized spacial score (nSPS) is 12.1. The van der Waals surface area contributed by atoms with Gasteiger partial charge in [-0.2, -0.15) is 0 Å². The Labute approximate surface area is 125 Å². The van der Waals surface area contributed by atoms with Gasteiger partial charge in [-0.15, -0.1) is 0 Å². The summed E-state index contributed by atoms with van der Waals surface area (Å²) in [4.78, 5) is 11.5. The Bertz CT molecular complexity index is 604. The van der Waals surface area contributed by atoms with E-state index in [0.29, 0.717) is 11.0 Å². The van der Waals surface area contributed by atoms with Crippen LogP contribution in [0.3, 0.4) is 0 Å². The summed E-state index contributed by atoms with van der Waals surface area (Å²) >= 11 is 3.29. The number of amides is 1. The number of carbonyl (C=O) groups excluding carboxylic acids is 1. The van der Waals surface area contributed by atoms with Crippen molar-refractivity contribution in [3.8, 4) is 0 Å².